The monoisotopic (exact) mass is 790 g/mol. The first kappa shape index (κ1) is 34.7. The molecule has 0 bridgehead atoms. The molecule has 290 valence electrons. The second kappa shape index (κ2) is 12.3. The molecular formula is C50H30O10. The predicted octanol–water partition coefficient (Wildman–Crippen LogP) is 11.7. The van der Waals surface area contributed by atoms with E-state index in [4.69, 9.17) is 4.42 Å². The van der Waals surface area contributed by atoms with Crippen LogP contribution in [0.25, 0.3) is 109 Å². The zero-order chi connectivity index (χ0) is 41.3. The zero-order valence-electron chi connectivity index (χ0n) is 31.1. The molecule has 9 N–H and O–H groups in total. The second-order valence-electron chi connectivity index (χ2n) is 14.8. The predicted molar refractivity (Wildman–Crippen MR) is 233 cm³/mol. The van der Waals surface area contributed by atoms with Crippen LogP contribution in [0.2, 0.25) is 0 Å². The highest BCUT2D eigenvalue weighted by atomic mass is 16.4. The normalized spacial score (nSPS) is 11.9. The van der Waals surface area contributed by atoms with Gasteiger partial charge in [-0.3, -0.25) is 0 Å². The van der Waals surface area contributed by atoms with Crippen molar-refractivity contribution in [1.29, 1.82) is 0 Å². The van der Waals surface area contributed by atoms with E-state index >= 15 is 0 Å². The van der Waals surface area contributed by atoms with Gasteiger partial charge >= 0.3 is 0 Å². The lowest BCUT2D eigenvalue weighted by molar-refractivity contribution is 0.349. The van der Waals surface area contributed by atoms with Gasteiger partial charge in [-0.1, -0.05) is 127 Å². The molecule has 10 nitrogen and oxygen atoms in total. The molecule has 10 heteroatoms. The van der Waals surface area contributed by atoms with Crippen LogP contribution >= 0.6 is 0 Å². The number of fused-ring (bicyclic) bond motifs is 9. The Hall–Kier alpha value is -8.50. The van der Waals surface area contributed by atoms with Crippen LogP contribution in [0.3, 0.4) is 0 Å². The first-order valence-electron chi connectivity index (χ1n) is 18.9. The van der Waals surface area contributed by atoms with Crippen molar-refractivity contribution in [3.63, 3.8) is 0 Å². The van der Waals surface area contributed by atoms with Gasteiger partial charge in [0.05, 0.1) is 16.2 Å². The second-order valence-corrected chi connectivity index (χ2v) is 14.8. The van der Waals surface area contributed by atoms with Gasteiger partial charge < -0.3 is 50.4 Å². The average molecular weight is 791 g/mol. The lowest BCUT2D eigenvalue weighted by atomic mass is 9.82. The maximum Gasteiger partial charge on any atom is 0.205 e. The van der Waals surface area contributed by atoms with Crippen LogP contribution in [0.4, 0.5) is 0 Å². The SMILES string of the molecule is Oc1c(O)c(-c2cccc3cccc(-c4c5ccccc5c(-c5cccc6ccccc56)c5ccccc45)c23)c2c(oc3c4c(O)c(O)c(O)c(O)c4c(O)c(O)c32)c1O. The van der Waals surface area contributed by atoms with Crippen LogP contribution in [0.15, 0.2) is 132 Å². The van der Waals surface area contributed by atoms with E-state index in [1.165, 1.54) is 0 Å². The molecule has 0 aliphatic carbocycles. The molecule has 1 aromatic heterocycles. The number of phenols is 9. The molecule has 10 aromatic carbocycles. The van der Waals surface area contributed by atoms with Gasteiger partial charge in [0.25, 0.3) is 0 Å². The van der Waals surface area contributed by atoms with Crippen molar-refractivity contribution in [1.82, 2.24) is 0 Å². The molecule has 60 heavy (non-hydrogen) atoms. The number of aromatic hydroxyl groups is 9. The third kappa shape index (κ3) is 4.41. The summed E-state index contributed by atoms with van der Waals surface area (Å²) in [7, 11) is 0. The lowest BCUT2D eigenvalue weighted by Crippen LogP contribution is -1.93. The molecular weight excluding hydrogens is 761 g/mol. The fourth-order valence-electron chi connectivity index (χ4n) is 9.25. The molecule has 0 saturated carbocycles. The topological polar surface area (TPSA) is 195 Å². The van der Waals surface area contributed by atoms with Crippen molar-refractivity contribution < 1.29 is 50.4 Å². The summed E-state index contributed by atoms with van der Waals surface area (Å²) in [6, 6.07) is 42.0. The highest BCUT2D eigenvalue weighted by molar-refractivity contribution is 6.30. The van der Waals surface area contributed by atoms with E-state index < -0.39 is 73.7 Å². The first-order chi connectivity index (χ1) is 29.1. The standard InChI is InChI=1S/C50H30O10/c51-40-35(36-38-43(54)41(52)37-39(44(55)46(57)45(56)42(37)53)49(38)60-50(36)48(59)47(40)58)31-21-9-13-23-12-8-20-30(32(23)31)34-28-17-5-3-15-26(28)33(27-16-4-6-18-29(27)34)25-19-7-11-22-10-1-2-14-24(22)25/h1-21,51-59H. The molecule has 0 fully saturated rings. The van der Waals surface area contributed by atoms with Gasteiger partial charge in [0.1, 0.15) is 0 Å². The van der Waals surface area contributed by atoms with E-state index in [-0.39, 0.29) is 16.3 Å². The average Bonchev–Trinajstić information content (AvgIpc) is 3.67. The van der Waals surface area contributed by atoms with E-state index in [0.717, 1.165) is 60.0 Å². The molecule has 0 aliphatic heterocycles. The van der Waals surface area contributed by atoms with Crippen molar-refractivity contribution in [3.05, 3.63) is 127 Å². The van der Waals surface area contributed by atoms with Gasteiger partial charge in [0.2, 0.25) is 23.0 Å². The maximum absolute atomic E-state index is 11.9. The number of rotatable bonds is 3. The number of furan rings is 1. The Kier molecular flexibility index (Phi) is 7.09. The van der Waals surface area contributed by atoms with Gasteiger partial charge in [-0.05, 0) is 70.9 Å². The van der Waals surface area contributed by atoms with Crippen LogP contribution in [-0.2, 0) is 0 Å². The Morgan fingerprint density at radius 2 is 0.650 bits per heavy atom. The fraction of sp³-hybridized carbons (Fsp3) is 0. The van der Waals surface area contributed by atoms with Crippen LogP contribution in [-0.4, -0.2) is 46.0 Å². The third-order valence-corrected chi connectivity index (χ3v) is 11.8. The molecule has 0 unspecified atom stereocenters. The Balaban J connectivity index is 1.31. The van der Waals surface area contributed by atoms with Crippen molar-refractivity contribution in [2.45, 2.75) is 0 Å². The van der Waals surface area contributed by atoms with Gasteiger partial charge in [0.15, 0.2) is 39.9 Å². The van der Waals surface area contributed by atoms with Gasteiger partial charge in [0, 0.05) is 10.9 Å². The summed E-state index contributed by atoms with van der Waals surface area (Å²) in [6.45, 7) is 0. The molecule has 0 saturated heterocycles. The first-order valence-corrected chi connectivity index (χ1v) is 18.9. The highest BCUT2D eigenvalue weighted by Crippen LogP contribution is 2.61. The number of hydrogen-bond acceptors (Lipinski definition) is 10. The summed E-state index contributed by atoms with van der Waals surface area (Å²) in [6.07, 6.45) is 0. The minimum atomic E-state index is -1.17. The molecule has 1 heterocycles. The summed E-state index contributed by atoms with van der Waals surface area (Å²) < 4.78 is 6.03. The molecule has 0 amide bonds. The molecule has 0 radical (unpaired) electrons. The molecule has 11 aromatic rings. The van der Waals surface area contributed by atoms with Crippen LogP contribution < -0.4 is 0 Å². The molecule has 0 aliphatic rings. The number of benzene rings is 10. The summed E-state index contributed by atoms with van der Waals surface area (Å²) >= 11 is 0. The smallest absolute Gasteiger partial charge is 0.205 e. The van der Waals surface area contributed by atoms with E-state index in [2.05, 4.69) is 54.6 Å². The zero-order valence-corrected chi connectivity index (χ0v) is 31.1. The quantitative estimate of drug-likeness (QED) is 0.0472. The van der Waals surface area contributed by atoms with Crippen molar-refractivity contribution >= 4 is 75.8 Å². The lowest BCUT2D eigenvalue weighted by Gasteiger charge is -2.21. The van der Waals surface area contributed by atoms with Crippen LogP contribution in [0.1, 0.15) is 0 Å². The molecule has 0 atom stereocenters. The minimum absolute atomic E-state index is 0.112. The van der Waals surface area contributed by atoms with Crippen molar-refractivity contribution in [2.75, 3.05) is 0 Å². The van der Waals surface area contributed by atoms with E-state index in [1.807, 2.05) is 60.7 Å². The largest absolute Gasteiger partial charge is 0.504 e. The summed E-state index contributed by atoms with van der Waals surface area (Å²) in [5.74, 6) is -9.01. The van der Waals surface area contributed by atoms with E-state index in [1.54, 1.807) is 12.1 Å². The molecule has 11 rings (SSSR count). The van der Waals surface area contributed by atoms with Gasteiger partial charge in [-0.25, -0.2) is 0 Å². The van der Waals surface area contributed by atoms with Gasteiger partial charge in [-0.15, -0.1) is 0 Å². The minimum Gasteiger partial charge on any atom is -0.504 e. The van der Waals surface area contributed by atoms with Crippen LogP contribution in [0.5, 0.6) is 51.7 Å². The van der Waals surface area contributed by atoms with Crippen molar-refractivity contribution in [2.24, 2.45) is 0 Å². The maximum atomic E-state index is 11.9. The van der Waals surface area contributed by atoms with Crippen molar-refractivity contribution in [3.8, 4) is 85.1 Å². The number of phenolic OH excluding ortho intramolecular Hbond substituents is 9. The van der Waals surface area contributed by atoms with Gasteiger partial charge in [-0.2, -0.15) is 0 Å². The van der Waals surface area contributed by atoms with Crippen LogP contribution in [0, 0.1) is 0 Å². The van der Waals surface area contributed by atoms with E-state index in [9.17, 15) is 46.0 Å². The molecule has 0 spiro atoms. The Morgan fingerprint density at radius 1 is 0.250 bits per heavy atom. The summed E-state index contributed by atoms with van der Waals surface area (Å²) in [5, 5.41) is 106. The fourth-order valence-corrected chi connectivity index (χ4v) is 9.25. The Bertz CT molecular complexity index is 3650. The Labute approximate surface area is 337 Å². The Morgan fingerprint density at radius 3 is 1.25 bits per heavy atom. The summed E-state index contributed by atoms with van der Waals surface area (Å²) in [4.78, 5) is 0. The van der Waals surface area contributed by atoms with E-state index in [0.29, 0.717) is 10.9 Å². The highest BCUT2D eigenvalue weighted by Gasteiger charge is 2.33. The summed E-state index contributed by atoms with van der Waals surface area (Å²) in [5.41, 5.74) is 3.05. The number of hydrogen-bond donors (Lipinski definition) is 9. The third-order valence-electron chi connectivity index (χ3n) is 11.8.